The van der Waals surface area contributed by atoms with Crippen LogP contribution in [0.3, 0.4) is 0 Å². The van der Waals surface area contributed by atoms with E-state index in [1.54, 1.807) is 12.4 Å². The minimum absolute atomic E-state index is 0.00550. The molecule has 1 aromatic carbocycles. The molecular weight excluding hydrogens is 340 g/mol. The molecule has 1 spiro atoms. The van der Waals surface area contributed by atoms with Gasteiger partial charge in [0.2, 0.25) is 5.91 Å². The summed E-state index contributed by atoms with van der Waals surface area (Å²) in [5.74, 6) is 0.0886. The van der Waals surface area contributed by atoms with Gasteiger partial charge in [-0.05, 0) is 49.1 Å². The Kier molecular flexibility index (Phi) is 4.56. The Morgan fingerprint density at radius 1 is 1.30 bits per heavy atom. The zero-order valence-corrected chi connectivity index (χ0v) is 15.4. The van der Waals surface area contributed by atoms with E-state index in [-0.39, 0.29) is 23.3 Å². The molecule has 0 radical (unpaired) electrons. The van der Waals surface area contributed by atoms with Gasteiger partial charge in [-0.1, -0.05) is 18.2 Å². The van der Waals surface area contributed by atoms with Crippen molar-refractivity contribution in [1.29, 1.82) is 0 Å². The zero-order valence-electron chi connectivity index (χ0n) is 15.4. The number of carbonyl (C=O) groups is 2. The summed E-state index contributed by atoms with van der Waals surface area (Å²) in [4.78, 5) is 30.9. The van der Waals surface area contributed by atoms with E-state index in [0.717, 1.165) is 29.7 Å². The van der Waals surface area contributed by atoms with E-state index >= 15 is 0 Å². The van der Waals surface area contributed by atoms with Crippen LogP contribution in [0.2, 0.25) is 0 Å². The van der Waals surface area contributed by atoms with Gasteiger partial charge in [-0.2, -0.15) is 0 Å². The molecule has 140 valence electrons. The highest BCUT2D eigenvalue weighted by atomic mass is 16.2. The van der Waals surface area contributed by atoms with Crippen molar-refractivity contribution < 1.29 is 9.59 Å². The first-order chi connectivity index (χ1) is 13.1. The predicted molar refractivity (Wildman–Crippen MR) is 103 cm³/mol. The SMILES string of the molecule is Cc1cccc(NC(=O)N2CC[C@@]3(C[C@H]3C(=O)NCc3cccnc3)C2)c1. The number of anilines is 1. The second-order valence-electron chi connectivity index (χ2n) is 7.67. The number of urea groups is 1. The average Bonchev–Trinajstić information content (AvgIpc) is 3.20. The van der Waals surface area contributed by atoms with Gasteiger partial charge in [0.15, 0.2) is 0 Å². The maximum absolute atomic E-state index is 12.5. The number of carbonyl (C=O) groups excluding carboxylic acids is 2. The summed E-state index contributed by atoms with van der Waals surface area (Å²) in [6.45, 7) is 3.84. The average molecular weight is 364 g/mol. The van der Waals surface area contributed by atoms with E-state index in [0.29, 0.717) is 19.6 Å². The third-order valence-electron chi connectivity index (χ3n) is 5.64. The minimum atomic E-state index is -0.0844. The van der Waals surface area contributed by atoms with Crippen LogP contribution in [-0.2, 0) is 11.3 Å². The molecular formula is C21H24N4O2. The summed E-state index contributed by atoms with van der Waals surface area (Å²) in [5, 5.41) is 5.96. The van der Waals surface area contributed by atoms with Gasteiger partial charge in [0.05, 0.1) is 0 Å². The highest BCUT2D eigenvalue weighted by Crippen LogP contribution is 2.58. The lowest BCUT2D eigenvalue weighted by atomic mass is 10.0. The fourth-order valence-electron chi connectivity index (χ4n) is 3.98. The molecule has 2 heterocycles. The van der Waals surface area contributed by atoms with Crippen LogP contribution in [0.15, 0.2) is 48.8 Å². The highest BCUT2D eigenvalue weighted by Gasteiger charge is 2.61. The molecule has 2 N–H and O–H groups in total. The molecule has 2 aliphatic rings. The van der Waals surface area contributed by atoms with Crippen LogP contribution in [0.5, 0.6) is 0 Å². The van der Waals surface area contributed by atoms with E-state index in [1.807, 2.05) is 48.2 Å². The van der Waals surface area contributed by atoms with Gasteiger partial charge in [-0.3, -0.25) is 9.78 Å². The smallest absolute Gasteiger partial charge is 0.321 e. The van der Waals surface area contributed by atoms with E-state index in [9.17, 15) is 9.59 Å². The van der Waals surface area contributed by atoms with Crippen LogP contribution in [0, 0.1) is 18.3 Å². The molecule has 1 saturated carbocycles. The van der Waals surface area contributed by atoms with E-state index in [2.05, 4.69) is 15.6 Å². The lowest BCUT2D eigenvalue weighted by Crippen LogP contribution is -2.34. The van der Waals surface area contributed by atoms with Gasteiger partial charge < -0.3 is 15.5 Å². The predicted octanol–water partition coefficient (Wildman–Crippen LogP) is 2.95. The summed E-state index contributed by atoms with van der Waals surface area (Å²) < 4.78 is 0. The summed E-state index contributed by atoms with van der Waals surface area (Å²) in [6.07, 6.45) is 5.23. The van der Waals surface area contributed by atoms with Crippen molar-refractivity contribution in [2.75, 3.05) is 18.4 Å². The number of hydrogen-bond donors (Lipinski definition) is 2. The van der Waals surface area contributed by atoms with Crippen molar-refractivity contribution in [2.45, 2.75) is 26.3 Å². The van der Waals surface area contributed by atoms with Crippen LogP contribution in [0.4, 0.5) is 10.5 Å². The molecule has 6 heteroatoms. The second kappa shape index (κ2) is 7.02. The Bertz CT molecular complexity index is 854. The minimum Gasteiger partial charge on any atom is -0.352 e. The fraction of sp³-hybridized carbons (Fsp3) is 0.381. The molecule has 3 amide bonds. The Balaban J connectivity index is 1.29. The highest BCUT2D eigenvalue weighted by molar-refractivity contribution is 5.90. The van der Waals surface area contributed by atoms with Crippen LogP contribution >= 0.6 is 0 Å². The normalized spacial score (nSPS) is 23.3. The summed E-state index contributed by atoms with van der Waals surface area (Å²) in [5.41, 5.74) is 2.87. The maximum atomic E-state index is 12.5. The number of rotatable bonds is 4. The summed E-state index contributed by atoms with van der Waals surface area (Å²) in [6, 6.07) is 11.5. The molecule has 2 aromatic rings. The Hall–Kier alpha value is -2.89. The Labute approximate surface area is 159 Å². The molecule has 1 aliphatic heterocycles. The number of nitrogens with one attached hydrogen (secondary N) is 2. The maximum Gasteiger partial charge on any atom is 0.321 e. The third kappa shape index (κ3) is 3.79. The number of aryl methyl sites for hydroxylation is 1. The quantitative estimate of drug-likeness (QED) is 0.876. The largest absolute Gasteiger partial charge is 0.352 e. The monoisotopic (exact) mass is 364 g/mol. The van der Waals surface area contributed by atoms with Gasteiger partial charge in [-0.15, -0.1) is 0 Å². The fourth-order valence-corrected chi connectivity index (χ4v) is 3.98. The first-order valence-corrected chi connectivity index (χ1v) is 9.35. The van der Waals surface area contributed by atoms with Gasteiger partial charge in [-0.25, -0.2) is 4.79 Å². The molecule has 27 heavy (non-hydrogen) atoms. The van der Waals surface area contributed by atoms with Crippen molar-refractivity contribution in [3.63, 3.8) is 0 Å². The second-order valence-corrected chi connectivity index (χ2v) is 7.67. The molecule has 1 aliphatic carbocycles. The molecule has 2 atom stereocenters. The van der Waals surface area contributed by atoms with E-state index in [4.69, 9.17) is 0 Å². The van der Waals surface area contributed by atoms with Gasteiger partial charge in [0.25, 0.3) is 0 Å². The molecule has 6 nitrogen and oxygen atoms in total. The van der Waals surface area contributed by atoms with Crippen molar-refractivity contribution in [2.24, 2.45) is 11.3 Å². The van der Waals surface area contributed by atoms with Crippen molar-refractivity contribution in [3.05, 3.63) is 59.9 Å². The number of hydrogen-bond acceptors (Lipinski definition) is 3. The van der Waals surface area contributed by atoms with Gasteiger partial charge >= 0.3 is 6.03 Å². The Morgan fingerprint density at radius 2 is 2.19 bits per heavy atom. The first kappa shape index (κ1) is 17.5. The van der Waals surface area contributed by atoms with Crippen LogP contribution in [0.25, 0.3) is 0 Å². The summed E-state index contributed by atoms with van der Waals surface area (Å²) >= 11 is 0. The topological polar surface area (TPSA) is 74.3 Å². The summed E-state index contributed by atoms with van der Waals surface area (Å²) in [7, 11) is 0. The van der Waals surface area contributed by atoms with Crippen LogP contribution < -0.4 is 10.6 Å². The third-order valence-corrected chi connectivity index (χ3v) is 5.64. The molecule has 2 fully saturated rings. The standard InChI is InChI=1S/C21H24N4O2/c1-15-4-2-6-17(10-15)24-20(27)25-9-7-21(14-25)11-18(21)19(26)23-13-16-5-3-8-22-12-16/h2-6,8,10,12,18H,7,9,11,13-14H2,1H3,(H,23,26)(H,24,27)/t18-,21+/m0/s1. The molecule has 0 unspecified atom stereocenters. The lowest BCUT2D eigenvalue weighted by molar-refractivity contribution is -0.123. The number of benzene rings is 1. The van der Waals surface area contributed by atoms with Gasteiger partial charge in [0.1, 0.15) is 0 Å². The van der Waals surface area contributed by atoms with Gasteiger partial charge in [0, 0.05) is 49.0 Å². The number of amides is 3. The molecule has 1 saturated heterocycles. The van der Waals surface area contributed by atoms with Crippen molar-refractivity contribution in [3.8, 4) is 0 Å². The molecule has 1 aromatic heterocycles. The number of pyridine rings is 1. The lowest BCUT2D eigenvalue weighted by Gasteiger charge is -2.18. The molecule has 0 bridgehead atoms. The van der Waals surface area contributed by atoms with Crippen molar-refractivity contribution >= 4 is 17.6 Å². The van der Waals surface area contributed by atoms with Crippen LogP contribution in [-0.4, -0.2) is 34.9 Å². The number of likely N-dealkylation sites (tertiary alicyclic amines) is 1. The zero-order chi connectivity index (χ0) is 18.9. The number of aromatic nitrogens is 1. The first-order valence-electron chi connectivity index (χ1n) is 9.35. The number of nitrogens with zero attached hydrogens (tertiary/aromatic N) is 2. The molecule has 4 rings (SSSR count). The van der Waals surface area contributed by atoms with E-state index < -0.39 is 0 Å². The van der Waals surface area contributed by atoms with E-state index in [1.165, 1.54) is 0 Å². The van der Waals surface area contributed by atoms with Crippen molar-refractivity contribution in [1.82, 2.24) is 15.2 Å². The van der Waals surface area contributed by atoms with Crippen LogP contribution in [0.1, 0.15) is 24.0 Å². The Morgan fingerprint density at radius 3 is 2.96 bits per heavy atom.